The number of aryl methyl sites for hydroxylation is 1. The van der Waals surface area contributed by atoms with E-state index in [1.807, 2.05) is 37.3 Å². The van der Waals surface area contributed by atoms with Crippen molar-refractivity contribution in [3.63, 3.8) is 0 Å². The van der Waals surface area contributed by atoms with Crippen molar-refractivity contribution in [2.45, 2.75) is 6.92 Å². The Bertz CT molecular complexity index is 774. The van der Waals surface area contributed by atoms with Crippen LogP contribution in [0.2, 0.25) is 0 Å². The molecule has 3 aromatic rings. The predicted octanol–water partition coefficient (Wildman–Crippen LogP) is 4.10. The second-order valence-corrected chi connectivity index (χ2v) is 4.82. The molecule has 2 heterocycles. The first kappa shape index (κ1) is 11.1. The lowest BCUT2D eigenvalue weighted by Crippen LogP contribution is -2.05. The van der Waals surface area contributed by atoms with Gasteiger partial charge in [-0.05, 0) is 36.1 Å². The van der Waals surface area contributed by atoms with Crippen LogP contribution in [0.4, 0.5) is 11.4 Å². The van der Waals surface area contributed by atoms with Crippen LogP contribution < -0.4 is 10.1 Å². The topological polar surface area (TPSA) is 54.4 Å². The van der Waals surface area contributed by atoms with Gasteiger partial charge in [0.15, 0.2) is 17.2 Å². The Morgan fingerprint density at radius 2 is 2.00 bits per heavy atom. The van der Waals surface area contributed by atoms with Gasteiger partial charge < -0.3 is 15.2 Å². The van der Waals surface area contributed by atoms with Crippen LogP contribution in [-0.4, -0.2) is 10.1 Å². The van der Waals surface area contributed by atoms with Gasteiger partial charge in [0.1, 0.15) is 0 Å². The number of aromatic hydroxyl groups is 1. The lowest BCUT2D eigenvalue weighted by atomic mass is 10.0. The molecule has 20 heavy (non-hydrogen) atoms. The van der Waals surface area contributed by atoms with E-state index in [4.69, 9.17) is 4.74 Å². The number of phenols is 1. The van der Waals surface area contributed by atoms with E-state index in [0.29, 0.717) is 16.9 Å². The maximum absolute atomic E-state index is 10.4. The zero-order chi connectivity index (χ0) is 13.7. The Balaban J connectivity index is 2.04. The first-order valence-electron chi connectivity index (χ1n) is 6.39. The summed E-state index contributed by atoms with van der Waals surface area (Å²) in [6, 6.07) is 9.56. The molecule has 0 amide bonds. The molecule has 2 N–H and O–H groups in total. The van der Waals surface area contributed by atoms with Gasteiger partial charge in [-0.25, -0.2) is 0 Å². The zero-order valence-corrected chi connectivity index (χ0v) is 10.8. The fourth-order valence-electron chi connectivity index (χ4n) is 2.61. The second kappa shape index (κ2) is 3.87. The van der Waals surface area contributed by atoms with Crippen LogP contribution in [0.25, 0.3) is 10.8 Å². The molecular weight excluding hydrogens is 252 g/mol. The van der Waals surface area contributed by atoms with Crippen LogP contribution in [0, 0.1) is 6.92 Å². The van der Waals surface area contributed by atoms with E-state index in [0.717, 1.165) is 22.3 Å². The Labute approximate surface area is 115 Å². The molecule has 0 spiro atoms. The van der Waals surface area contributed by atoms with Crippen LogP contribution in [0.5, 0.6) is 17.2 Å². The van der Waals surface area contributed by atoms with E-state index < -0.39 is 0 Å². The average molecular weight is 264 g/mol. The van der Waals surface area contributed by atoms with Crippen molar-refractivity contribution in [1.29, 1.82) is 0 Å². The molecule has 0 aliphatic carbocycles. The third-order valence-corrected chi connectivity index (χ3v) is 3.66. The van der Waals surface area contributed by atoms with Crippen LogP contribution in [-0.2, 0) is 0 Å². The molecule has 0 unspecified atom stereocenters. The van der Waals surface area contributed by atoms with Gasteiger partial charge in [0, 0.05) is 17.8 Å². The molecule has 0 fully saturated rings. The fraction of sp³-hybridized carbons (Fsp3) is 0.0625. The van der Waals surface area contributed by atoms with Crippen molar-refractivity contribution in [1.82, 2.24) is 4.98 Å². The van der Waals surface area contributed by atoms with E-state index in [2.05, 4.69) is 10.3 Å². The van der Waals surface area contributed by atoms with Crippen LogP contribution >= 0.6 is 0 Å². The van der Waals surface area contributed by atoms with Crippen LogP contribution in [0.1, 0.15) is 5.56 Å². The van der Waals surface area contributed by atoms with Gasteiger partial charge in [-0.15, -0.1) is 0 Å². The minimum Gasteiger partial charge on any atom is -0.504 e. The highest BCUT2D eigenvalue weighted by molar-refractivity contribution is 6.00. The van der Waals surface area contributed by atoms with E-state index in [1.165, 1.54) is 0 Å². The minimum absolute atomic E-state index is 0.121. The summed E-state index contributed by atoms with van der Waals surface area (Å²) in [6.07, 6.45) is 3.38. The SMILES string of the molecule is Cc1c2c(c(O)c3cnccc13)Oc1ccccc1N2. The smallest absolute Gasteiger partial charge is 0.193 e. The first-order valence-corrected chi connectivity index (χ1v) is 6.39. The summed E-state index contributed by atoms with van der Waals surface area (Å²) < 4.78 is 5.86. The summed E-state index contributed by atoms with van der Waals surface area (Å²) in [5.41, 5.74) is 2.74. The number of aromatic nitrogens is 1. The highest BCUT2D eigenvalue weighted by atomic mass is 16.5. The van der Waals surface area contributed by atoms with Crippen molar-refractivity contribution in [3.05, 3.63) is 48.3 Å². The van der Waals surface area contributed by atoms with Gasteiger partial charge in [0.25, 0.3) is 0 Å². The van der Waals surface area contributed by atoms with Crippen LogP contribution in [0.15, 0.2) is 42.7 Å². The largest absolute Gasteiger partial charge is 0.504 e. The van der Waals surface area contributed by atoms with Gasteiger partial charge in [0.2, 0.25) is 0 Å². The van der Waals surface area contributed by atoms with E-state index in [-0.39, 0.29) is 5.75 Å². The number of pyridine rings is 1. The summed E-state index contributed by atoms with van der Waals surface area (Å²) in [6.45, 7) is 2.00. The molecule has 0 radical (unpaired) electrons. The lowest BCUT2D eigenvalue weighted by molar-refractivity contribution is 0.415. The number of nitrogens with one attached hydrogen (secondary N) is 1. The molecule has 0 atom stereocenters. The number of benzene rings is 2. The fourth-order valence-corrected chi connectivity index (χ4v) is 2.61. The predicted molar refractivity (Wildman–Crippen MR) is 77.9 cm³/mol. The molecule has 1 aromatic heterocycles. The zero-order valence-electron chi connectivity index (χ0n) is 10.8. The molecule has 1 aliphatic rings. The molecule has 2 aromatic carbocycles. The van der Waals surface area contributed by atoms with E-state index >= 15 is 0 Å². The Hall–Kier alpha value is -2.75. The quantitative estimate of drug-likeness (QED) is 0.502. The van der Waals surface area contributed by atoms with E-state index in [1.54, 1.807) is 12.4 Å². The lowest BCUT2D eigenvalue weighted by Gasteiger charge is -2.25. The number of rotatable bonds is 0. The molecule has 0 saturated heterocycles. The average Bonchev–Trinajstić information content (AvgIpc) is 2.51. The summed E-state index contributed by atoms with van der Waals surface area (Å²) in [4.78, 5) is 4.07. The Kier molecular flexibility index (Phi) is 2.15. The minimum atomic E-state index is 0.121. The van der Waals surface area contributed by atoms with E-state index in [9.17, 15) is 5.11 Å². The van der Waals surface area contributed by atoms with Crippen molar-refractivity contribution >= 4 is 22.1 Å². The van der Waals surface area contributed by atoms with Gasteiger partial charge in [-0.1, -0.05) is 12.1 Å². The molecular formula is C16H12N2O2. The molecule has 0 bridgehead atoms. The number of phenolic OH excluding ortho intramolecular Hbond substituents is 1. The third-order valence-electron chi connectivity index (χ3n) is 3.66. The molecule has 4 rings (SSSR count). The first-order chi connectivity index (χ1) is 9.75. The Morgan fingerprint density at radius 3 is 2.90 bits per heavy atom. The van der Waals surface area contributed by atoms with Gasteiger partial charge in [-0.3, -0.25) is 4.98 Å². The Morgan fingerprint density at radius 1 is 1.15 bits per heavy atom. The molecule has 4 nitrogen and oxygen atoms in total. The highest BCUT2D eigenvalue weighted by Gasteiger charge is 2.24. The number of nitrogens with zero attached hydrogens (tertiary/aromatic N) is 1. The number of fused-ring (bicyclic) bond motifs is 3. The molecule has 1 aliphatic heterocycles. The summed E-state index contributed by atoms with van der Waals surface area (Å²) >= 11 is 0. The van der Waals surface area contributed by atoms with Crippen molar-refractivity contribution in [2.24, 2.45) is 0 Å². The van der Waals surface area contributed by atoms with Crippen LogP contribution in [0.3, 0.4) is 0 Å². The highest BCUT2D eigenvalue weighted by Crippen LogP contribution is 2.51. The van der Waals surface area contributed by atoms with Gasteiger partial charge in [-0.2, -0.15) is 0 Å². The number of para-hydroxylation sites is 2. The third kappa shape index (κ3) is 1.39. The maximum Gasteiger partial charge on any atom is 0.193 e. The number of hydrogen-bond donors (Lipinski definition) is 2. The monoisotopic (exact) mass is 264 g/mol. The standard InChI is InChI=1S/C16H12N2O2/c1-9-10-6-7-17-8-11(10)15(19)16-14(9)18-12-4-2-3-5-13(12)20-16/h2-8,18-19H,1H3. The summed E-state index contributed by atoms with van der Waals surface area (Å²) in [5.74, 6) is 1.29. The summed E-state index contributed by atoms with van der Waals surface area (Å²) in [5, 5.41) is 15.4. The van der Waals surface area contributed by atoms with Crippen molar-refractivity contribution in [3.8, 4) is 17.2 Å². The molecule has 0 saturated carbocycles. The number of anilines is 2. The normalized spacial score (nSPS) is 12.2. The van der Waals surface area contributed by atoms with Crippen molar-refractivity contribution < 1.29 is 9.84 Å². The molecule has 4 heteroatoms. The van der Waals surface area contributed by atoms with Gasteiger partial charge in [0.05, 0.1) is 11.4 Å². The van der Waals surface area contributed by atoms with Gasteiger partial charge >= 0.3 is 0 Å². The number of ether oxygens (including phenoxy) is 1. The molecule has 98 valence electrons. The van der Waals surface area contributed by atoms with Crippen molar-refractivity contribution in [2.75, 3.05) is 5.32 Å². The maximum atomic E-state index is 10.4. The number of hydrogen-bond acceptors (Lipinski definition) is 4. The second-order valence-electron chi connectivity index (χ2n) is 4.82. The summed E-state index contributed by atoms with van der Waals surface area (Å²) in [7, 11) is 0.